The van der Waals surface area contributed by atoms with Crippen LogP contribution in [0.3, 0.4) is 0 Å². The third kappa shape index (κ3) is 5.67. The lowest BCUT2D eigenvalue weighted by atomic mass is 9.97. The van der Waals surface area contributed by atoms with E-state index in [1.54, 1.807) is 30.4 Å². The summed E-state index contributed by atoms with van der Waals surface area (Å²) in [7, 11) is 3.79. The summed E-state index contributed by atoms with van der Waals surface area (Å²) in [5.74, 6) is -0.616. The van der Waals surface area contributed by atoms with Gasteiger partial charge in [0, 0.05) is 62.3 Å². The third-order valence-corrected chi connectivity index (χ3v) is 6.91. The zero-order valence-electron chi connectivity index (χ0n) is 20.9. The van der Waals surface area contributed by atoms with E-state index >= 15 is 0 Å². The Balaban J connectivity index is 1.57. The normalized spacial score (nSPS) is 23.2. The Kier molecular flexibility index (Phi) is 8.19. The van der Waals surface area contributed by atoms with Crippen molar-refractivity contribution in [2.75, 3.05) is 63.6 Å². The van der Waals surface area contributed by atoms with Crippen LogP contribution in [0.25, 0.3) is 11.1 Å². The molecule has 4 rings (SSSR count). The fourth-order valence-electron chi connectivity index (χ4n) is 4.84. The van der Waals surface area contributed by atoms with Gasteiger partial charge in [0.1, 0.15) is 17.9 Å². The first-order chi connectivity index (χ1) is 17.3. The van der Waals surface area contributed by atoms with Crippen molar-refractivity contribution in [2.24, 2.45) is 16.8 Å². The molecule has 0 saturated carbocycles. The molecule has 4 atom stereocenters. The smallest absolute Gasteiger partial charge is 0.234 e. The minimum absolute atomic E-state index is 0.0625. The van der Waals surface area contributed by atoms with Gasteiger partial charge in [-0.1, -0.05) is 5.18 Å². The Morgan fingerprint density at radius 2 is 1.97 bits per heavy atom. The fraction of sp³-hybridized carbons (Fsp3) is 0.542. The molecule has 2 aliphatic heterocycles. The monoisotopic (exact) mass is 499 g/mol. The molecule has 2 aromatic heterocycles. The summed E-state index contributed by atoms with van der Waals surface area (Å²) in [4.78, 5) is 39.9. The van der Waals surface area contributed by atoms with E-state index < -0.39 is 30.3 Å². The standard InChI is InChI=1S/C24H34FN9O2/c1-15-17(4-5-20(29-15)34-10-8-32(2)9-11-34)18-6-7-27-13-19(18)30-24(35)21(22(26)31-36)23-28-12-16(25)14-33(23)3/h4-7,13,16,21-23,28H,8-12,14,26H2,1-3H3,(H,30,35). The van der Waals surface area contributed by atoms with E-state index in [-0.39, 0.29) is 13.1 Å². The number of alkyl halides is 1. The Morgan fingerprint density at radius 3 is 2.64 bits per heavy atom. The molecule has 2 aliphatic rings. The van der Waals surface area contributed by atoms with Crippen molar-refractivity contribution in [3.05, 3.63) is 41.2 Å². The van der Waals surface area contributed by atoms with E-state index in [9.17, 15) is 14.1 Å². The van der Waals surface area contributed by atoms with Crippen LogP contribution < -0.4 is 21.3 Å². The fourth-order valence-corrected chi connectivity index (χ4v) is 4.84. The summed E-state index contributed by atoms with van der Waals surface area (Å²) in [5, 5.41) is 8.76. The van der Waals surface area contributed by atoms with Crippen LogP contribution >= 0.6 is 0 Å². The first kappa shape index (κ1) is 26.0. The van der Waals surface area contributed by atoms with Gasteiger partial charge in [0.25, 0.3) is 0 Å². The van der Waals surface area contributed by atoms with Crippen LogP contribution in [-0.2, 0) is 4.79 Å². The number of rotatable bonds is 7. The lowest BCUT2D eigenvalue weighted by molar-refractivity contribution is -0.124. The van der Waals surface area contributed by atoms with E-state index in [2.05, 4.69) is 37.6 Å². The van der Waals surface area contributed by atoms with Gasteiger partial charge in [0.15, 0.2) is 6.17 Å². The highest BCUT2D eigenvalue weighted by molar-refractivity contribution is 5.97. The van der Waals surface area contributed by atoms with Crippen molar-refractivity contribution in [1.82, 2.24) is 25.1 Å². The number of carbonyl (C=O) groups is 1. The van der Waals surface area contributed by atoms with Crippen LogP contribution in [0.4, 0.5) is 15.9 Å². The number of nitroso groups, excluding NO2 is 1. The van der Waals surface area contributed by atoms with Gasteiger partial charge in [-0.15, -0.1) is 4.91 Å². The second-order valence-corrected chi connectivity index (χ2v) is 9.51. The molecular formula is C24H34FN9O2. The van der Waals surface area contributed by atoms with Crippen LogP contribution in [-0.4, -0.2) is 97.5 Å². The molecule has 0 spiro atoms. The lowest BCUT2D eigenvalue weighted by Crippen LogP contribution is -2.62. The summed E-state index contributed by atoms with van der Waals surface area (Å²) >= 11 is 0. The van der Waals surface area contributed by atoms with Gasteiger partial charge in [-0.2, -0.15) is 0 Å². The van der Waals surface area contributed by atoms with Gasteiger partial charge in [0.2, 0.25) is 5.91 Å². The Hall–Kier alpha value is -3.06. The number of piperazine rings is 1. The molecule has 0 aromatic carbocycles. The second kappa shape index (κ2) is 11.3. The maximum atomic E-state index is 13.8. The van der Waals surface area contributed by atoms with Crippen LogP contribution in [0.5, 0.6) is 0 Å². The molecule has 0 radical (unpaired) electrons. The number of halogens is 1. The number of nitrogens with two attached hydrogens (primary N) is 1. The number of aryl methyl sites for hydroxylation is 1. The molecule has 1 amide bonds. The summed E-state index contributed by atoms with van der Waals surface area (Å²) in [6, 6.07) is 5.79. The highest BCUT2D eigenvalue weighted by Gasteiger charge is 2.40. The van der Waals surface area contributed by atoms with E-state index in [0.29, 0.717) is 5.69 Å². The maximum absolute atomic E-state index is 13.8. The number of nitrogens with zero attached hydrogens (tertiary/aromatic N) is 6. The predicted molar refractivity (Wildman–Crippen MR) is 137 cm³/mol. The molecule has 4 N–H and O–H groups in total. The predicted octanol–water partition coefficient (Wildman–Crippen LogP) is 1.01. The zero-order valence-corrected chi connectivity index (χ0v) is 20.9. The average molecular weight is 500 g/mol. The van der Waals surface area contributed by atoms with Gasteiger partial charge < -0.3 is 20.9 Å². The topological polar surface area (TPSA) is 132 Å². The molecule has 4 unspecified atom stereocenters. The highest BCUT2D eigenvalue weighted by atomic mass is 19.1. The molecular weight excluding hydrogens is 465 g/mol. The zero-order chi connectivity index (χ0) is 25.8. The number of nitrogens with one attached hydrogen (secondary N) is 2. The highest BCUT2D eigenvalue weighted by Crippen LogP contribution is 2.31. The molecule has 194 valence electrons. The van der Waals surface area contributed by atoms with Crippen LogP contribution in [0.1, 0.15) is 5.69 Å². The first-order valence-corrected chi connectivity index (χ1v) is 12.1. The van der Waals surface area contributed by atoms with Gasteiger partial charge >= 0.3 is 0 Å². The largest absolute Gasteiger partial charge is 0.354 e. The summed E-state index contributed by atoms with van der Waals surface area (Å²) in [6.07, 6.45) is 0.161. The summed E-state index contributed by atoms with van der Waals surface area (Å²) < 4.78 is 13.8. The first-order valence-electron chi connectivity index (χ1n) is 12.1. The number of carbonyl (C=O) groups excluding carboxylic acids is 1. The number of aromatic nitrogens is 2. The van der Waals surface area contributed by atoms with Gasteiger partial charge in [-0.05, 0) is 39.2 Å². The number of likely N-dealkylation sites (N-methyl/N-ethyl adjacent to an activating group) is 1. The van der Waals surface area contributed by atoms with Crippen molar-refractivity contribution in [2.45, 2.75) is 25.4 Å². The number of hydrogen-bond donors (Lipinski definition) is 3. The van der Waals surface area contributed by atoms with Crippen molar-refractivity contribution < 1.29 is 9.18 Å². The second-order valence-electron chi connectivity index (χ2n) is 9.51. The third-order valence-electron chi connectivity index (χ3n) is 6.91. The average Bonchev–Trinajstić information content (AvgIpc) is 2.86. The summed E-state index contributed by atoms with van der Waals surface area (Å²) in [5.41, 5.74) is 8.81. The molecule has 0 bridgehead atoms. The summed E-state index contributed by atoms with van der Waals surface area (Å²) in [6.45, 7) is 5.92. The van der Waals surface area contributed by atoms with Gasteiger partial charge in [-0.25, -0.2) is 9.37 Å². The van der Waals surface area contributed by atoms with Crippen LogP contribution in [0.2, 0.25) is 0 Å². The van der Waals surface area contributed by atoms with Crippen LogP contribution in [0.15, 0.2) is 35.8 Å². The van der Waals surface area contributed by atoms with E-state index in [1.807, 2.05) is 19.1 Å². The van der Waals surface area contributed by atoms with Crippen molar-refractivity contribution >= 4 is 17.4 Å². The quantitative estimate of drug-likeness (QED) is 0.478. The van der Waals surface area contributed by atoms with E-state index in [0.717, 1.165) is 48.8 Å². The molecule has 2 aromatic rings. The van der Waals surface area contributed by atoms with Crippen molar-refractivity contribution in [1.29, 1.82) is 0 Å². The lowest BCUT2D eigenvalue weighted by Gasteiger charge is -2.39. The number of pyridine rings is 2. The minimum Gasteiger partial charge on any atom is -0.354 e. The van der Waals surface area contributed by atoms with E-state index in [4.69, 9.17) is 10.7 Å². The number of hydrogen-bond acceptors (Lipinski definition) is 10. The molecule has 36 heavy (non-hydrogen) atoms. The number of amides is 1. The van der Waals surface area contributed by atoms with E-state index in [1.165, 1.54) is 0 Å². The minimum atomic E-state index is -1.31. The van der Waals surface area contributed by atoms with Gasteiger partial charge in [-0.3, -0.25) is 20.0 Å². The van der Waals surface area contributed by atoms with Crippen molar-refractivity contribution in [3.63, 3.8) is 0 Å². The molecule has 11 nitrogen and oxygen atoms in total. The SMILES string of the molecule is Cc1nc(N2CCN(C)CC2)ccc1-c1ccncc1NC(=O)C(C(N)N=O)C1NCC(F)CN1C. The Morgan fingerprint density at radius 1 is 1.22 bits per heavy atom. The molecule has 2 saturated heterocycles. The van der Waals surface area contributed by atoms with Crippen molar-refractivity contribution in [3.8, 4) is 11.1 Å². The van der Waals surface area contributed by atoms with Gasteiger partial charge in [0.05, 0.1) is 18.1 Å². The molecule has 0 aliphatic carbocycles. The molecule has 12 heteroatoms. The maximum Gasteiger partial charge on any atom is 0.234 e. The number of anilines is 2. The Labute approximate surface area is 210 Å². The van der Waals surface area contributed by atoms with Crippen LogP contribution in [0, 0.1) is 17.7 Å². The molecule has 4 heterocycles. The molecule has 2 fully saturated rings. The Bertz CT molecular complexity index is 1080.